The molecule has 14 nitrogen and oxygen atoms in total. The minimum atomic E-state index is -0.949. The second-order valence-corrected chi connectivity index (χ2v) is 17.1. The number of likely N-dealkylation sites (N-methyl/N-ethyl adjacent to an activating group) is 1. The maximum absolute atomic E-state index is 13.9. The van der Waals surface area contributed by atoms with Crippen molar-refractivity contribution in [2.24, 2.45) is 5.92 Å². The van der Waals surface area contributed by atoms with E-state index < -0.39 is 30.0 Å². The lowest BCUT2D eigenvalue weighted by atomic mass is 9.96. The number of hydrogen-bond acceptors (Lipinski definition) is 9. The maximum Gasteiger partial charge on any atom is 0.415 e. The smallest absolute Gasteiger partial charge is 0.415 e. The summed E-state index contributed by atoms with van der Waals surface area (Å²) in [5.74, 6) is -0.732. The van der Waals surface area contributed by atoms with Gasteiger partial charge < -0.3 is 40.0 Å². The van der Waals surface area contributed by atoms with Crippen LogP contribution in [0.3, 0.4) is 0 Å². The van der Waals surface area contributed by atoms with Gasteiger partial charge in [0, 0.05) is 38.4 Å². The van der Waals surface area contributed by atoms with Gasteiger partial charge in [0.15, 0.2) is 11.5 Å². The Bertz CT molecular complexity index is 1630. The molecule has 0 aromatic heterocycles. The van der Waals surface area contributed by atoms with E-state index >= 15 is 0 Å². The number of carbonyl (C=O) groups is 5. The third-order valence-electron chi connectivity index (χ3n) is 10.5. The number of benzene rings is 2. The summed E-state index contributed by atoms with van der Waals surface area (Å²) in [7, 11) is 7.44. The minimum absolute atomic E-state index is 0.0336. The summed E-state index contributed by atoms with van der Waals surface area (Å²) in [6.45, 7) is 8.31. The van der Waals surface area contributed by atoms with Crippen molar-refractivity contribution in [3.63, 3.8) is 0 Å². The quantitative estimate of drug-likeness (QED) is 0.114. The molecule has 5 amide bonds. The third-order valence-corrected chi connectivity index (χ3v) is 11.3. The lowest BCUT2D eigenvalue weighted by Crippen LogP contribution is -2.56. The maximum atomic E-state index is 13.9. The van der Waals surface area contributed by atoms with Crippen LogP contribution in [0.25, 0.3) is 0 Å². The fraction of sp³-hybridized carbons (Fsp3) is 0.614. The van der Waals surface area contributed by atoms with Crippen molar-refractivity contribution in [3.05, 3.63) is 53.6 Å². The summed E-state index contributed by atoms with van der Waals surface area (Å²) in [4.78, 5) is 70.6. The van der Waals surface area contributed by atoms with E-state index in [1.165, 1.54) is 38.4 Å². The molecule has 0 spiro atoms. The van der Waals surface area contributed by atoms with Gasteiger partial charge in [-0.05, 0) is 61.8 Å². The van der Waals surface area contributed by atoms with E-state index in [0.717, 1.165) is 49.7 Å². The first-order valence-electron chi connectivity index (χ1n) is 21.1. The normalized spacial score (nSPS) is 14.8. The molecule has 0 heterocycles. The Morgan fingerprint density at radius 1 is 0.831 bits per heavy atom. The second kappa shape index (κ2) is 25.3. The number of nitrogens with one attached hydrogen (secondary N) is 4. The van der Waals surface area contributed by atoms with Crippen LogP contribution in [0.4, 0.5) is 4.79 Å². The predicted molar refractivity (Wildman–Crippen MR) is 234 cm³/mol. The number of aryl methyl sites for hydroxylation is 1. The first-order chi connectivity index (χ1) is 28.2. The van der Waals surface area contributed by atoms with E-state index in [0.29, 0.717) is 24.5 Å². The van der Waals surface area contributed by atoms with Gasteiger partial charge in [0.05, 0.1) is 27.3 Å². The van der Waals surface area contributed by atoms with E-state index in [2.05, 4.69) is 30.5 Å². The van der Waals surface area contributed by atoms with Gasteiger partial charge in [-0.3, -0.25) is 24.5 Å². The standard InChI is InChI=1S/C44H69N6O8P/c1-8-9-22-50(24-23-49(5)43(55)58-40-36(56-6)26-32(4)27-37(40)57-7)39(52)30-45-41(53)34(25-31(2)3)48-42(54)35(28-33-18-14-13-15-19-33)47-38(51)29-46-44(59)20-16-11-10-12-17-21-44/h13-15,18-19,26-27,31,34-35,46H,8-12,16-17,20-25,28-30,59H2,1-7H3,(H,45,53)(H,47,51)(H,48,54). The van der Waals surface area contributed by atoms with Gasteiger partial charge >= 0.3 is 6.09 Å². The highest BCUT2D eigenvalue weighted by Gasteiger charge is 2.30. The van der Waals surface area contributed by atoms with E-state index in [1.807, 2.05) is 58.0 Å². The summed E-state index contributed by atoms with van der Waals surface area (Å²) >= 11 is 0. The van der Waals surface area contributed by atoms with Crippen LogP contribution in [0.5, 0.6) is 17.2 Å². The number of nitrogens with zero attached hydrogens (tertiary/aromatic N) is 2. The number of rotatable bonds is 22. The van der Waals surface area contributed by atoms with E-state index in [4.69, 9.17) is 14.2 Å². The van der Waals surface area contributed by atoms with Crippen LogP contribution in [0, 0.1) is 12.8 Å². The number of carbonyl (C=O) groups excluding carboxylic acids is 5. The molecule has 1 aliphatic carbocycles. The molecule has 1 saturated carbocycles. The molecule has 15 heteroatoms. The Kier molecular flexibility index (Phi) is 21.0. The van der Waals surface area contributed by atoms with Crippen LogP contribution >= 0.6 is 9.24 Å². The Labute approximate surface area is 353 Å². The molecule has 0 aliphatic heterocycles. The SMILES string of the molecule is CCCCN(CCN(C)C(=O)Oc1c(OC)cc(C)cc1OC)C(=O)CNC(=O)C(CC(C)C)NC(=O)C(Cc1ccccc1)NC(=O)CNC1(P)CCCCCCC1. The Hall–Kier alpha value is -4.42. The van der Waals surface area contributed by atoms with Gasteiger partial charge in [-0.15, -0.1) is 9.24 Å². The molecule has 0 bridgehead atoms. The van der Waals surface area contributed by atoms with Crippen LogP contribution in [0.15, 0.2) is 42.5 Å². The molecule has 3 atom stereocenters. The second-order valence-electron chi connectivity index (χ2n) is 16.0. The molecule has 1 fully saturated rings. The van der Waals surface area contributed by atoms with Gasteiger partial charge in [0.1, 0.15) is 12.1 Å². The summed E-state index contributed by atoms with van der Waals surface area (Å²) in [5, 5.41) is 11.8. The summed E-state index contributed by atoms with van der Waals surface area (Å²) in [6.07, 6.45) is 9.14. The third kappa shape index (κ3) is 17.0. The molecule has 0 saturated heterocycles. The predicted octanol–water partition coefficient (Wildman–Crippen LogP) is 5.35. The van der Waals surface area contributed by atoms with Crippen LogP contribution < -0.4 is 35.5 Å². The average molecular weight is 841 g/mol. The number of ether oxygens (including phenoxy) is 3. The summed E-state index contributed by atoms with van der Waals surface area (Å²) < 4.78 is 16.5. The van der Waals surface area contributed by atoms with Crippen LogP contribution in [-0.2, 0) is 25.6 Å². The molecule has 1 aliphatic rings. The Balaban J connectivity index is 1.65. The molecule has 328 valence electrons. The van der Waals surface area contributed by atoms with Crippen molar-refractivity contribution in [1.29, 1.82) is 0 Å². The van der Waals surface area contributed by atoms with Crippen molar-refractivity contribution >= 4 is 39.0 Å². The van der Waals surface area contributed by atoms with Gasteiger partial charge in [-0.2, -0.15) is 0 Å². The van der Waals surface area contributed by atoms with Gasteiger partial charge in [-0.25, -0.2) is 4.79 Å². The van der Waals surface area contributed by atoms with E-state index in [1.54, 1.807) is 24.1 Å². The van der Waals surface area contributed by atoms with Gasteiger partial charge in [0.2, 0.25) is 29.4 Å². The number of unbranched alkanes of at least 4 members (excludes halogenated alkanes) is 1. The van der Waals surface area contributed by atoms with Gasteiger partial charge in [0.25, 0.3) is 0 Å². The van der Waals surface area contributed by atoms with E-state index in [-0.39, 0.29) is 61.4 Å². The van der Waals surface area contributed by atoms with Crippen LogP contribution in [0.1, 0.15) is 96.1 Å². The molecule has 3 rings (SSSR count). The Morgan fingerprint density at radius 2 is 1.46 bits per heavy atom. The van der Waals surface area contributed by atoms with Crippen LogP contribution in [0.2, 0.25) is 0 Å². The fourth-order valence-corrected chi connectivity index (χ4v) is 7.51. The topological polar surface area (TPSA) is 168 Å². The monoisotopic (exact) mass is 840 g/mol. The summed E-state index contributed by atoms with van der Waals surface area (Å²) in [6, 6.07) is 11.0. The zero-order valence-electron chi connectivity index (χ0n) is 36.3. The van der Waals surface area contributed by atoms with Crippen LogP contribution in [-0.4, -0.2) is 111 Å². The van der Waals surface area contributed by atoms with Crippen molar-refractivity contribution < 1.29 is 38.2 Å². The average Bonchev–Trinajstić information content (AvgIpc) is 3.20. The first-order valence-corrected chi connectivity index (χ1v) is 21.6. The van der Waals surface area contributed by atoms with Crippen molar-refractivity contribution in [1.82, 2.24) is 31.1 Å². The lowest BCUT2D eigenvalue weighted by Gasteiger charge is -2.32. The summed E-state index contributed by atoms with van der Waals surface area (Å²) in [5.41, 5.74) is 1.73. The first kappa shape index (κ1) is 48.9. The molecule has 2 aromatic rings. The molecule has 2 aromatic carbocycles. The number of hydrogen-bond donors (Lipinski definition) is 4. The highest BCUT2D eigenvalue weighted by atomic mass is 31.0. The van der Waals surface area contributed by atoms with E-state index in [9.17, 15) is 24.0 Å². The molecular formula is C44H69N6O8P. The number of amides is 5. The van der Waals surface area contributed by atoms with Crippen molar-refractivity contribution in [2.75, 3.05) is 54.0 Å². The molecular weight excluding hydrogens is 771 g/mol. The Morgan fingerprint density at radius 3 is 2.05 bits per heavy atom. The molecule has 4 N–H and O–H groups in total. The zero-order valence-corrected chi connectivity index (χ0v) is 37.5. The number of methoxy groups -OCH3 is 2. The minimum Gasteiger partial charge on any atom is -0.493 e. The molecule has 59 heavy (non-hydrogen) atoms. The molecule has 0 radical (unpaired) electrons. The zero-order chi connectivity index (χ0) is 43.4. The fourth-order valence-electron chi connectivity index (χ4n) is 7.00. The van der Waals surface area contributed by atoms with Crippen molar-refractivity contribution in [2.45, 2.75) is 116 Å². The van der Waals surface area contributed by atoms with Gasteiger partial charge in [-0.1, -0.05) is 89.6 Å². The highest BCUT2D eigenvalue weighted by Crippen LogP contribution is 2.38. The molecule has 3 unspecified atom stereocenters. The van der Waals surface area contributed by atoms with Crippen molar-refractivity contribution in [3.8, 4) is 17.2 Å². The lowest BCUT2D eigenvalue weighted by molar-refractivity contribution is -0.135. The largest absolute Gasteiger partial charge is 0.493 e. The highest BCUT2D eigenvalue weighted by molar-refractivity contribution is 7.18.